The molecule has 0 spiro atoms. The van der Waals surface area contributed by atoms with Gasteiger partial charge in [-0.15, -0.1) is 0 Å². The van der Waals surface area contributed by atoms with E-state index in [1.165, 1.54) is 6.07 Å². The van der Waals surface area contributed by atoms with Crippen LogP contribution in [0.2, 0.25) is 0 Å². The molecule has 104 valence electrons. The number of hydrogen-bond donors (Lipinski definition) is 2. The van der Waals surface area contributed by atoms with Gasteiger partial charge in [0.2, 0.25) is 0 Å². The third-order valence-corrected chi connectivity index (χ3v) is 3.85. The summed E-state index contributed by atoms with van der Waals surface area (Å²) in [6.07, 6.45) is 2.27. The van der Waals surface area contributed by atoms with Crippen LogP contribution in [0.5, 0.6) is 0 Å². The second kappa shape index (κ2) is 5.43. The maximum Gasteiger partial charge on any atom is 0.135 e. The highest BCUT2D eigenvalue weighted by Crippen LogP contribution is 2.28. The lowest BCUT2D eigenvalue weighted by atomic mass is 9.98. The largest absolute Gasteiger partial charge is 0.390 e. The van der Waals surface area contributed by atoms with Crippen LogP contribution in [-0.4, -0.2) is 28.8 Å². The van der Waals surface area contributed by atoms with E-state index in [1.54, 1.807) is 6.07 Å². The number of benzene rings is 1. The van der Waals surface area contributed by atoms with Crippen molar-refractivity contribution in [3.63, 3.8) is 0 Å². The molecule has 0 saturated carbocycles. The van der Waals surface area contributed by atoms with Crippen molar-refractivity contribution in [3.05, 3.63) is 29.6 Å². The van der Waals surface area contributed by atoms with E-state index in [0.717, 1.165) is 25.1 Å². The van der Waals surface area contributed by atoms with E-state index in [1.807, 2.05) is 13.0 Å². The van der Waals surface area contributed by atoms with Crippen molar-refractivity contribution in [1.82, 2.24) is 0 Å². The van der Waals surface area contributed by atoms with Gasteiger partial charge in [-0.05, 0) is 38.3 Å². The van der Waals surface area contributed by atoms with Crippen LogP contribution < -0.4 is 10.6 Å². The van der Waals surface area contributed by atoms with Crippen molar-refractivity contribution >= 4 is 22.9 Å². The quantitative estimate of drug-likeness (QED) is 0.817. The van der Waals surface area contributed by atoms with Gasteiger partial charge in [-0.2, -0.15) is 0 Å². The Morgan fingerprint density at radius 1 is 1.42 bits per heavy atom. The van der Waals surface area contributed by atoms with E-state index in [-0.39, 0.29) is 10.8 Å². The average molecular weight is 282 g/mol. The second-order valence-corrected chi connectivity index (χ2v) is 5.78. The Morgan fingerprint density at radius 2 is 2.16 bits per heavy atom. The van der Waals surface area contributed by atoms with Gasteiger partial charge >= 0.3 is 0 Å². The van der Waals surface area contributed by atoms with E-state index in [2.05, 4.69) is 4.90 Å². The van der Waals surface area contributed by atoms with Gasteiger partial charge in [0.25, 0.3) is 0 Å². The Morgan fingerprint density at radius 3 is 2.84 bits per heavy atom. The summed E-state index contributed by atoms with van der Waals surface area (Å²) in [6, 6.07) is 4.86. The summed E-state index contributed by atoms with van der Waals surface area (Å²) in [5, 5.41) is 10.1. The monoisotopic (exact) mass is 282 g/mol. The van der Waals surface area contributed by atoms with Crippen LogP contribution in [-0.2, 0) is 0 Å². The molecular weight excluding hydrogens is 263 g/mol. The molecule has 1 aliphatic rings. The molecule has 19 heavy (non-hydrogen) atoms. The molecular formula is C14H19FN2OS. The zero-order valence-electron chi connectivity index (χ0n) is 11.0. The number of rotatable bonds is 2. The van der Waals surface area contributed by atoms with Crippen molar-refractivity contribution in [2.24, 2.45) is 5.73 Å². The van der Waals surface area contributed by atoms with E-state index < -0.39 is 5.60 Å². The molecule has 1 aromatic rings. The van der Waals surface area contributed by atoms with Crippen LogP contribution in [0.3, 0.4) is 0 Å². The molecule has 3 nitrogen and oxygen atoms in total. The van der Waals surface area contributed by atoms with Gasteiger partial charge < -0.3 is 15.7 Å². The average Bonchev–Trinajstić information content (AvgIpc) is 2.49. The zero-order valence-corrected chi connectivity index (χ0v) is 11.8. The van der Waals surface area contributed by atoms with Gasteiger partial charge in [0, 0.05) is 18.8 Å². The molecule has 1 fully saturated rings. The summed E-state index contributed by atoms with van der Waals surface area (Å²) < 4.78 is 13.9. The van der Waals surface area contributed by atoms with E-state index in [0.29, 0.717) is 18.5 Å². The first-order chi connectivity index (χ1) is 8.91. The van der Waals surface area contributed by atoms with Crippen LogP contribution in [0, 0.1) is 5.82 Å². The number of aliphatic hydroxyl groups is 1. The lowest BCUT2D eigenvalue weighted by Gasteiger charge is -2.26. The SMILES string of the molecule is CC1(O)CCCN(c2cccc(F)c2C(N)=S)CC1. The number of halogens is 1. The molecule has 3 N–H and O–H groups in total. The molecule has 1 atom stereocenters. The van der Waals surface area contributed by atoms with E-state index in [4.69, 9.17) is 18.0 Å². The molecule has 1 heterocycles. The molecule has 1 aliphatic heterocycles. The highest BCUT2D eigenvalue weighted by atomic mass is 32.1. The van der Waals surface area contributed by atoms with Crippen molar-refractivity contribution in [1.29, 1.82) is 0 Å². The lowest BCUT2D eigenvalue weighted by Crippen LogP contribution is -2.30. The maximum absolute atomic E-state index is 13.9. The van der Waals surface area contributed by atoms with Gasteiger partial charge in [0.1, 0.15) is 10.8 Å². The van der Waals surface area contributed by atoms with Crippen LogP contribution >= 0.6 is 12.2 Å². The summed E-state index contributed by atoms with van der Waals surface area (Å²) in [4.78, 5) is 2.13. The zero-order chi connectivity index (χ0) is 14.0. The number of thiocarbonyl (C=S) groups is 1. The summed E-state index contributed by atoms with van der Waals surface area (Å²) in [6.45, 7) is 3.29. The Bertz CT molecular complexity index is 490. The fourth-order valence-corrected chi connectivity index (χ4v) is 2.73. The Balaban J connectivity index is 2.32. The van der Waals surface area contributed by atoms with E-state index in [9.17, 15) is 9.50 Å². The first-order valence-electron chi connectivity index (χ1n) is 6.46. The van der Waals surface area contributed by atoms with Gasteiger partial charge in [-0.3, -0.25) is 0 Å². The first kappa shape index (κ1) is 14.2. The third-order valence-electron chi connectivity index (χ3n) is 3.64. The maximum atomic E-state index is 13.9. The minimum Gasteiger partial charge on any atom is -0.390 e. The second-order valence-electron chi connectivity index (χ2n) is 5.34. The highest BCUT2D eigenvalue weighted by Gasteiger charge is 2.26. The molecule has 0 radical (unpaired) electrons. The van der Waals surface area contributed by atoms with Crippen molar-refractivity contribution < 1.29 is 9.50 Å². The van der Waals surface area contributed by atoms with Gasteiger partial charge in [-0.25, -0.2) is 4.39 Å². The number of nitrogens with zero attached hydrogens (tertiary/aromatic N) is 1. The van der Waals surface area contributed by atoms with Crippen molar-refractivity contribution in [2.75, 3.05) is 18.0 Å². The van der Waals surface area contributed by atoms with Crippen LogP contribution in [0.25, 0.3) is 0 Å². The Kier molecular flexibility index (Phi) is 4.06. The molecule has 1 aromatic carbocycles. The van der Waals surface area contributed by atoms with Crippen LogP contribution in [0.1, 0.15) is 31.7 Å². The standard InChI is InChI=1S/C14H19FN2OS/c1-14(18)6-3-8-17(9-7-14)11-5-2-4-10(15)12(11)13(16)19/h2,4-5,18H,3,6-9H2,1H3,(H2,16,19). The van der Waals surface area contributed by atoms with Gasteiger partial charge in [-0.1, -0.05) is 18.3 Å². The topological polar surface area (TPSA) is 49.5 Å². The highest BCUT2D eigenvalue weighted by molar-refractivity contribution is 7.80. The Labute approximate surface area is 118 Å². The summed E-state index contributed by atoms with van der Waals surface area (Å²) in [5.41, 5.74) is 6.01. The smallest absolute Gasteiger partial charge is 0.135 e. The van der Waals surface area contributed by atoms with Crippen molar-refractivity contribution in [3.8, 4) is 0 Å². The molecule has 0 aliphatic carbocycles. The fourth-order valence-electron chi connectivity index (χ4n) is 2.52. The number of hydrogen-bond acceptors (Lipinski definition) is 3. The molecule has 1 saturated heterocycles. The molecule has 0 bridgehead atoms. The Hall–Kier alpha value is -1.20. The lowest BCUT2D eigenvalue weighted by molar-refractivity contribution is 0.0481. The predicted molar refractivity (Wildman–Crippen MR) is 79.0 cm³/mol. The van der Waals surface area contributed by atoms with Crippen molar-refractivity contribution in [2.45, 2.75) is 31.8 Å². The molecule has 0 aromatic heterocycles. The summed E-state index contributed by atoms with van der Waals surface area (Å²) in [5.74, 6) is -0.388. The summed E-state index contributed by atoms with van der Waals surface area (Å²) >= 11 is 4.95. The number of anilines is 1. The predicted octanol–water partition coefficient (Wildman–Crippen LogP) is 2.20. The molecule has 5 heteroatoms. The van der Waals surface area contributed by atoms with Gasteiger partial charge in [0.15, 0.2) is 0 Å². The van der Waals surface area contributed by atoms with E-state index >= 15 is 0 Å². The minimum atomic E-state index is -0.647. The third kappa shape index (κ3) is 3.22. The van der Waals surface area contributed by atoms with Crippen LogP contribution in [0.15, 0.2) is 18.2 Å². The van der Waals surface area contributed by atoms with Crippen LogP contribution in [0.4, 0.5) is 10.1 Å². The first-order valence-corrected chi connectivity index (χ1v) is 6.87. The molecule has 0 amide bonds. The number of nitrogens with two attached hydrogens (primary N) is 1. The van der Waals surface area contributed by atoms with Gasteiger partial charge in [0.05, 0.1) is 11.2 Å². The molecule has 1 unspecified atom stereocenters. The fraction of sp³-hybridized carbons (Fsp3) is 0.500. The summed E-state index contributed by atoms with van der Waals surface area (Å²) in [7, 11) is 0. The normalized spacial score (nSPS) is 24.1. The minimum absolute atomic E-state index is 0.0732. The molecule has 2 rings (SSSR count).